The molecule has 1 saturated heterocycles. The lowest BCUT2D eigenvalue weighted by molar-refractivity contribution is -0.137. The maximum Gasteiger partial charge on any atom is 0.416 e. The van der Waals surface area contributed by atoms with Gasteiger partial charge in [-0.05, 0) is 76.8 Å². The van der Waals surface area contributed by atoms with Crippen LogP contribution in [0.2, 0.25) is 0 Å². The molecular formula is C20H25F3N4S. The largest absolute Gasteiger partial charge is 0.416 e. The first-order valence-electron chi connectivity index (χ1n) is 9.26. The van der Waals surface area contributed by atoms with E-state index in [0.717, 1.165) is 43.0 Å². The summed E-state index contributed by atoms with van der Waals surface area (Å²) in [6, 6.07) is 6.33. The molecule has 8 heteroatoms. The number of nitrogens with zero attached hydrogens (tertiary/aromatic N) is 4. The van der Waals surface area contributed by atoms with Crippen LogP contribution in [-0.4, -0.2) is 48.1 Å². The molecule has 1 aromatic heterocycles. The van der Waals surface area contributed by atoms with Crippen molar-refractivity contribution >= 4 is 17.4 Å². The quantitative estimate of drug-likeness (QED) is 0.677. The zero-order chi connectivity index (χ0) is 20.5. The van der Waals surface area contributed by atoms with Gasteiger partial charge in [0, 0.05) is 35.4 Å². The van der Waals surface area contributed by atoms with Crippen LogP contribution in [0.15, 0.2) is 34.3 Å². The van der Waals surface area contributed by atoms with Gasteiger partial charge in [0.05, 0.1) is 11.3 Å². The van der Waals surface area contributed by atoms with Crippen molar-refractivity contribution < 1.29 is 13.2 Å². The van der Waals surface area contributed by atoms with Gasteiger partial charge in [0.15, 0.2) is 5.16 Å². The highest BCUT2D eigenvalue weighted by atomic mass is 32.2. The van der Waals surface area contributed by atoms with Gasteiger partial charge in [0.1, 0.15) is 0 Å². The average Bonchev–Trinajstić information content (AvgIpc) is 2.60. The zero-order valence-electron chi connectivity index (χ0n) is 16.5. The molecule has 1 aliphatic heterocycles. The van der Waals surface area contributed by atoms with Gasteiger partial charge >= 0.3 is 6.18 Å². The van der Waals surface area contributed by atoms with Crippen molar-refractivity contribution in [3.63, 3.8) is 0 Å². The van der Waals surface area contributed by atoms with E-state index in [1.165, 1.54) is 23.9 Å². The topological polar surface area (TPSA) is 32.3 Å². The Bertz CT molecular complexity index is 810. The van der Waals surface area contributed by atoms with Crippen LogP contribution >= 0.6 is 11.8 Å². The lowest BCUT2D eigenvalue weighted by Gasteiger charge is -2.37. The van der Waals surface area contributed by atoms with Gasteiger partial charge in [-0.15, -0.1) is 0 Å². The molecule has 0 radical (unpaired) electrons. The Morgan fingerprint density at radius 3 is 2.18 bits per heavy atom. The third-order valence-corrected chi connectivity index (χ3v) is 5.90. The predicted octanol–water partition coefficient (Wildman–Crippen LogP) is 4.79. The summed E-state index contributed by atoms with van der Waals surface area (Å²) < 4.78 is 39.9. The molecule has 0 bridgehead atoms. The van der Waals surface area contributed by atoms with Crippen molar-refractivity contribution in [1.29, 1.82) is 0 Å². The minimum absolute atomic E-state index is 0.473. The Labute approximate surface area is 168 Å². The minimum Gasteiger partial charge on any atom is -0.371 e. The first-order valence-corrected chi connectivity index (χ1v) is 10.1. The number of halogens is 3. The molecule has 1 fully saturated rings. The summed E-state index contributed by atoms with van der Waals surface area (Å²) in [7, 11) is 4.13. The highest BCUT2D eigenvalue weighted by Crippen LogP contribution is 2.40. The third-order valence-electron chi connectivity index (χ3n) is 4.99. The molecule has 1 aliphatic rings. The van der Waals surface area contributed by atoms with E-state index in [2.05, 4.69) is 33.9 Å². The number of alkyl halides is 3. The highest BCUT2D eigenvalue weighted by Gasteiger charge is 2.32. The molecule has 3 rings (SSSR count). The molecule has 4 nitrogen and oxygen atoms in total. The summed E-state index contributed by atoms with van der Waals surface area (Å²) in [4.78, 5) is 13.7. The van der Waals surface area contributed by atoms with Gasteiger partial charge in [-0.1, -0.05) is 0 Å². The van der Waals surface area contributed by atoms with Crippen molar-refractivity contribution in [3.8, 4) is 0 Å². The second kappa shape index (κ2) is 8.29. The van der Waals surface area contributed by atoms with Gasteiger partial charge in [-0.3, -0.25) is 0 Å². The lowest BCUT2D eigenvalue weighted by Crippen LogP contribution is -2.42. The Kier molecular flexibility index (Phi) is 6.19. The fourth-order valence-electron chi connectivity index (χ4n) is 3.49. The number of piperidine rings is 1. The third kappa shape index (κ3) is 4.97. The van der Waals surface area contributed by atoms with Gasteiger partial charge in [-0.2, -0.15) is 13.2 Å². The molecule has 2 heterocycles. The van der Waals surface area contributed by atoms with Crippen LogP contribution < -0.4 is 4.90 Å². The van der Waals surface area contributed by atoms with Gasteiger partial charge in [0.25, 0.3) is 0 Å². The lowest BCUT2D eigenvalue weighted by atomic mass is 10.0. The van der Waals surface area contributed by atoms with Crippen LogP contribution in [0.5, 0.6) is 0 Å². The summed E-state index contributed by atoms with van der Waals surface area (Å²) in [6.45, 7) is 5.35. The van der Waals surface area contributed by atoms with Crippen molar-refractivity contribution in [3.05, 3.63) is 41.2 Å². The van der Waals surface area contributed by atoms with Crippen LogP contribution in [0.3, 0.4) is 0 Å². The second-order valence-corrected chi connectivity index (χ2v) is 8.41. The number of rotatable bonds is 4. The second-order valence-electron chi connectivity index (χ2n) is 7.40. The standard InChI is InChI=1S/C20H25F3N4S/c1-13-11-14(2)25-19(24-13)28-18-12-15(20(21,22)23)5-6-17(18)27-9-7-16(8-10-27)26(3)4/h5-6,11-12,16H,7-10H2,1-4H3. The average molecular weight is 411 g/mol. The Morgan fingerprint density at radius 2 is 1.64 bits per heavy atom. The molecule has 0 N–H and O–H groups in total. The van der Waals surface area contributed by atoms with Crippen LogP contribution in [0.1, 0.15) is 29.8 Å². The Morgan fingerprint density at radius 1 is 1.04 bits per heavy atom. The maximum atomic E-state index is 13.3. The normalized spacial score (nSPS) is 16.1. The number of benzene rings is 1. The van der Waals surface area contributed by atoms with Crippen LogP contribution in [0, 0.1) is 13.8 Å². The maximum absolute atomic E-state index is 13.3. The first-order chi connectivity index (χ1) is 13.1. The summed E-state index contributed by atoms with van der Waals surface area (Å²) in [5.74, 6) is 0. The van der Waals surface area contributed by atoms with E-state index in [4.69, 9.17) is 0 Å². The van der Waals surface area contributed by atoms with E-state index in [1.807, 2.05) is 19.9 Å². The van der Waals surface area contributed by atoms with Crippen molar-refractivity contribution in [2.75, 3.05) is 32.1 Å². The Hall–Kier alpha value is -1.80. The van der Waals surface area contributed by atoms with Crippen LogP contribution in [-0.2, 0) is 6.18 Å². The van der Waals surface area contributed by atoms with Crippen molar-refractivity contribution in [2.45, 2.75) is 49.0 Å². The fraction of sp³-hybridized carbons (Fsp3) is 0.500. The summed E-state index contributed by atoms with van der Waals surface area (Å²) in [6.07, 6.45) is -2.41. The minimum atomic E-state index is -4.38. The summed E-state index contributed by atoms with van der Waals surface area (Å²) >= 11 is 1.20. The summed E-state index contributed by atoms with van der Waals surface area (Å²) in [5, 5.41) is 0.473. The molecular weight excluding hydrogens is 385 g/mol. The molecule has 0 unspecified atom stereocenters. The van der Waals surface area contributed by atoms with E-state index in [-0.39, 0.29) is 0 Å². The molecule has 0 amide bonds. The molecule has 0 saturated carbocycles. The Balaban J connectivity index is 1.93. The molecule has 152 valence electrons. The molecule has 0 atom stereocenters. The van der Waals surface area contributed by atoms with Crippen molar-refractivity contribution in [2.24, 2.45) is 0 Å². The van der Waals surface area contributed by atoms with E-state index >= 15 is 0 Å². The number of hydrogen-bond donors (Lipinski definition) is 0. The van der Waals surface area contributed by atoms with Crippen LogP contribution in [0.4, 0.5) is 18.9 Å². The monoisotopic (exact) mass is 410 g/mol. The SMILES string of the molecule is Cc1cc(C)nc(Sc2cc(C(F)(F)F)ccc2N2CCC(N(C)C)CC2)n1. The molecule has 0 aliphatic carbocycles. The molecule has 0 spiro atoms. The summed E-state index contributed by atoms with van der Waals surface area (Å²) in [5.41, 5.74) is 1.77. The van der Waals surface area contributed by atoms with E-state index in [9.17, 15) is 13.2 Å². The zero-order valence-corrected chi connectivity index (χ0v) is 17.4. The molecule has 1 aromatic carbocycles. The van der Waals surface area contributed by atoms with Crippen LogP contribution in [0.25, 0.3) is 0 Å². The highest BCUT2D eigenvalue weighted by molar-refractivity contribution is 7.99. The number of aromatic nitrogens is 2. The molecule has 2 aromatic rings. The number of aryl methyl sites for hydroxylation is 2. The van der Waals surface area contributed by atoms with E-state index in [1.54, 1.807) is 6.07 Å². The van der Waals surface area contributed by atoms with E-state index in [0.29, 0.717) is 16.1 Å². The van der Waals surface area contributed by atoms with Crippen molar-refractivity contribution in [1.82, 2.24) is 14.9 Å². The first kappa shape index (κ1) is 20.9. The van der Waals surface area contributed by atoms with Gasteiger partial charge < -0.3 is 9.80 Å². The van der Waals surface area contributed by atoms with Gasteiger partial charge in [0.2, 0.25) is 0 Å². The number of hydrogen-bond acceptors (Lipinski definition) is 5. The predicted molar refractivity (Wildman–Crippen MR) is 106 cm³/mol. The fourth-order valence-corrected chi connectivity index (χ4v) is 4.56. The van der Waals surface area contributed by atoms with Gasteiger partial charge in [-0.25, -0.2) is 9.97 Å². The number of anilines is 1. The van der Waals surface area contributed by atoms with E-state index < -0.39 is 11.7 Å². The smallest absolute Gasteiger partial charge is 0.371 e. The molecule has 28 heavy (non-hydrogen) atoms.